The second kappa shape index (κ2) is 8.37. The van der Waals surface area contributed by atoms with Crippen molar-refractivity contribution in [2.24, 2.45) is 4.99 Å². The van der Waals surface area contributed by atoms with E-state index in [1.165, 1.54) is 12.1 Å². The number of halogens is 1. The van der Waals surface area contributed by atoms with Gasteiger partial charge in [-0.05, 0) is 46.4 Å². The molecule has 2 aromatic rings. The Kier molecular flexibility index (Phi) is 5.73. The van der Waals surface area contributed by atoms with Crippen LogP contribution in [0.4, 0.5) is 10.2 Å². The molecule has 0 spiro atoms. The van der Waals surface area contributed by atoms with E-state index in [1.807, 2.05) is 11.5 Å². The second-order valence-electron chi connectivity index (χ2n) is 6.02. The molecule has 1 aliphatic carbocycles. The van der Waals surface area contributed by atoms with E-state index in [0.29, 0.717) is 19.4 Å². The van der Waals surface area contributed by atoms with E-state index >= 15 is 0 Å². The average Bonchev–Trinajstić information content (AvgIpc) is 3.10. The predicted molar refractivity (Wildman–Crippen MR) is 91.6 cm³/mol. The maximum Gasteiger partial charge on any atom is 0.202 e. The lowest BCUT2D eigenvalue weighted by Crippen LogP contribution is -2.26. The Hall–Kier alpha value is -3.32. The van der Waals surface area contributed by atoms with E-state index in [1.54, 1.807) is 6.07 Å². The molecule has 0 amide bonds. The lowest BCUT2D eigenvalue weighted by molar-refractivity contribution is -0.118. The highest BCUT2D eigenvalue weighted by atomic mass is 19.1. The van der Waals surface area contributed by atoms with Gasteiger partial charge in [-0.2, -0.15) is 5.26 Å². The Balaban J connectivity index is 1.64. The molecule has 0 saturated carbocycles. The number of hydrogen-bond acceptors (Lipinski definition) is 8. The zero-order valence-electron chi connectivity index (χ0n) is 14.3. The van der Waals surface area contributed by atoms with Crippen molar-refractivity contribution in [1.82, 2.24) is 15.8 Å². The molecule has 140 valence electrons. The fourth-order valence-electron chi connectivity index (χ4n) is 2.79. The minimum Gasteiger partial charge on any atom is -0.365 e. The molecule has 27 heavy (non-hydrogen) atoms. The van der Waals surface area contributed by atoms with Crippen LogP contribution in [0.5, 0.6) is 0 Å². The van der Waals surface area contributed by atoms with Gasteiger partial charge in [0.2, 0.25) is 5.82 Å². The number of nitrogens with zero attached hydrogens (tertiary/aromatic N) is 4. The number of aromatic nitrogens is 2. The Labute approximate surface area is 153 Å². The number of nitrogens with one attached hydrogen (secondary N) is 2. The van der Waals surface area contributed by atoms with Crippen LogP contribution in [0.3, 0.4) is 0 Å². The van der Waals surface area contributed by atoms with Gasteiger partial charge >= 0.3 is 0 Å². The minimum absolute atomic E-state index is 0.0409. The number of ketones is 1. The Morgan fingerprint density at radius 3 is 3.11 bits per heavy atom. The maximum atomic E-state index is 13.4. The summed E-state index contributed by atoms with van der Waals surface area (Å²) in [5, 5.41) is 28.3. The zero-order valence-corrected chi connectivity index (χ0v) is 14.3. The highest BCUT2D eigenvalue weighted by Crippen LogP contribution is 2.36. The summed E-state index contributed by atoms with van der Waals surface area (Å²) in [5.74, 6) is -0.183. The number of rotatable bonds is 8. The molecule has 0 fully saturated rings. The molecule has 0 radical (unpaired) electrons. The van der Waals surface area contributed by atoms with Gasteiger partial charge < -0.3 is 5.32 Å². The van der Waals surface area contributed by atoms with Crippen molar-refractivity contribution in [3.63, 3.8) is 0 Å². The largest absolute Gasteiger partial charge is 0.365 e. The summed E-state index contributed by atoms with van der Waals surface area (Å²) < 4.78 is 18.1. The van der Waals surface area contributed by atoms with Gasteiger partial charge in [0.25, 0.3) is 0 Å². The number of hydroxylamine groups is 1. The fourth-order valence-corrected chi connectivity index (χ4v) is 2.79. The summed E-state index contributed by atoms with van der Waals surface area (Å²) in [6, 6.07) is 6.03. The topological polar surface area (TPSA) is 136 Å². The van der Waals surface area contributed by atoms with Crippen molar-refractivity contribution in [1.29, 1.82) is 5.26 Å². The molecule has 10 heteroatoms. The number of Topliss-reactive ketones (excluding diaryl/α,β-unsaturated/α-hetero) is 1. The van der Waals surface area contributed by atoms with E-state index in [9.17, 15) is 14.4 Å². The zero-order chi connectivity index (χ0) is 19.2. The fraction of sp³-hybridized carbons (Fsp3) is 0.353. The van der Waals surface area contributed by atoms with Crippen LogP contribution in [-0.2, 0) is 11.2 Å². The number of nitriles is 1. The van der Waals surface area contributed by atoms with Gasteiger partial charge in [0.05, 0.1) is 18.5 Å². The lowest BCUT2D eigenvalue weighted by Gasteiger charge is -2.27. The van der Waals surface area contributed by atoms with Crippen LogP contribution in [0.1, 0.15) is 42.1 Å². The molecule has 0 bridgehead atoms. The Bertz CT molecular complexity index is 904. The summed E-state index contributed by atoms with van der Waals surface area (Å²) in [6.07, 6.45) is 1.28. The first kappa shape index (κ1) is 18.5. The van der Waals surface area contributed by atoms with Gasteiger partial charge in [0.15, 0.2) is 11.5 Å². The number of hydrogen-bond donors (Lipinski definition) is 3. The number of aliphatic imine (C=N–C) groups is 1. The van der Waals surface area contributed by atoms with Crippen LogP contribution in [0.2, 0.25) is 0 Å². The van der Waals surface area contributed by atoms with Crippen molar-refractivity contribution in [3.05, 3.63) is 40.8 Å². The van der Waals surface area contributed by atoms with Crippen molar-refractivity contribution in [2.45, 2.75) is 31.7 Å². The van der Waals surface area contributed by atoms with Crippen LogP contribution < -0.4 is 10.8 Å². The van der Waals surface area contributed by atoms with E-state index in [4.69, 9.17) is 9.89 Å². The van der Waals surface area contributed by atoms with Crippen LogP contribution in [0.15, 0.2) is 27.8 Å². The Morgan fingerprint density at radius 1 is 1.48 bits per heavy atom. The van der Waals surface area contributed by atoms with Gasteiger partial charge in [0.1, 0.15) is 11.6 Å². The van der Waals surface area contributed by atoms with Crippen LogP contribution in [0.25, 0.3) is 0 Å². The number of carbonyl (C=O) groups excluding carboxylic acids is 1. The van der Waals surface area contributed by atoms with Gasteiger partial charge in [-0.1, -0.05) is 6.07 Å². The van der Waals surface area contributed by atoms with Gasteiger partial charge in [-0.15, -0.1) is 0 Å². The molecule has 1 heterocycles. The monoisotopic (exact) mass is 372 g/mol. The SMILES string of the molecule is N#CCC(=O)CCCNc1nonc1C(=NC1Cc2ccc(F)cc21)NO. The first-order valence-corrected chi connectivity index (χ1v) is 8.34. The third kappa shape index (κ3) is 4.27. The lowest BCUT2D eigenvalue weighted by atomic mass is 9.83. The van der Waals surface area contributed by atoms with Crippen LogP contribution in [-0.4, -0.2) is 33.7 Å². The summed E-state index contributed by atoms with van der Waals surface area (Å²) in [4.78, 5) is 15.7. The summed E-state index contributed by atoms with van der Waals surface area (Å²) >= 11 is 0. The molecule has 1 unspecified atom stereocenters. The molecule has 1 aliphatic rings. The number of fused-ring (bicyclic) bond motifs is 1. The molecular formula is C17H17FN6O3. The molecule has 0 saturated heterocycles. The Morgan fingerprint density at radius 2 is 2.33 bits per heavy atom. The molecule has 3 N–H and O–H groups in total. The highest BCUT2D eigenvalue weighted by Gasteiger charge is 2.28. The van der Waals surface area contributed by atoms with Gasteiger partial charge in [-0.3, -0.25) is 20.5 Å². The first-order chi connectivity index (χ1) is 13.1. The van der Waals surface area contributed by atoms with Crippen LogP contribution >= 0.6 is 0 Å². The van der Waals surface area contributed by atoms with Crippen molar-refractivity contribution >= 4 is 17.4 Å². The quantitative estimate of drug-likeness (QED) is 0.277. The number of carbonyl (C=O) groups is 1. The standard InChI is InChI=1S/C17H17FN6O3/c18-11-4-3-10-8-14(13(10)9-11)21-17(22-26)15-16(24-27-23-15)20-7-1-2-12(25)5-6-19/h3-4,9,14,26H,1-2,5,7-8H2,(H,20,24)(H,21,22). The molecule has 0 aliphatic heterocycles. The molecule has 1 aromatic heterocycles. The third-order valence-corrected chi connectivity index (χ3v) is 4.18. The third-order valence-electron chi connectivity index (χ3n) is 4.18. The average molecular weight is 372 g/mol. The maximum absolute atomic E-state index is 13.4. The van der Waals surface area contributed by atoms with Crippen molar-refractivity contribution in [2.75, 3.05) is 11.9 Å². The van der Waals surface area contributed by atoms with Crippen molar-refractivity contribution < 1.29 is 19.0 Å². The van der Waals surface area contributed by atoms with E-state index in [2.05, 4.69) is 20.6 Å². The molecular weight excluding hydrogens is 355 g/mol. The highest BCUT2D eigenvalue weighted by molar-refractivity contribution is 6.00. The van der Waals surface area contributed by atoms with E-state index in [0.717, 1.165) is 11.1 Å². The molecule has 1 atom stereocenters. The number of benzene rings is 1. The summed E-state index contributed by atoms with van der Waals surface area (Å²) in [5.41, 5.74) is 3.91. The normalized spacial score (nSPS) is 15.4. The van der Waals surface area contributed by atoms with E-state index in [-0.39, 0.29) is 47.8 Å². The second-order valence-corrected chi connectivity index (χ2v) is 6.02. The van der Waals surface area contributed by atoms with Gasteiger partial charge in [-0.25, -0.2) is 9.02 Å². The summed E-state index contributed by atoms with van der Waals surface area (Å²) in [6.45, 7) is 0.397. The predicted octanol–water partition coefficient (Wildman–Crippen LogP) is 1.91. The number of amidine groups is 1. The molecule has 1 aromatic carbocycles. The van der Waals surface area contributed by atoms with Crippen LogP contribution in [0, 0.1) is 17.1 Å². The first-order valence-electron chi connectivity index (χ1n) is 8.34. The smallest absolute Gasteiger partial charge is 0.202 e. The number of anilines is 1. The van der Waals surface area contributed by atoms with E-state index < -0.39 is 0 Å². The summed E-state index contributed by atoms with van der Waals surface area (Å²) in [7, 11) is 0. The molecule has 3 rings (SSSR count). The van der Waals surface area contributed by atoms with Gasteiger partial charge in [0, 0.05) is 13.0 Å². The minimum atomic E-state index is -0.344. The molecule has 9 nitrogen and oxygen atoms in total. The van der Waals surface area contributed by atoms with Crippen molar-refractivity contribution in [3.8, 4) is 6.07 Å².